The quantitative estimate of drug-likeness (QED) is 0.671. The van der Waals surface area contributed by atoms with Gasteiger partial charge in [0.05, 0.1) is 11.1 Å². The van der Waals surface area contributed by atoms with E-state index in [-0.39, 0.29) is 17.7 Å². The third kappa shape index (κ3) is 3.14. The van der Waals surface area contributed by atoms with Crippen molar-refractivity contribution < 1.29 is 14.4 Å². The number of benzene rings is 1. The molecule has 5 nitrogen and oxygen atoms in total. The minimum Gasteiger partial charge on any atom is -0.352 e. The van der Waals surface area contributed by atoms with Gasteiger partial charge in [-0.05, 0) is 37.0 Å². The zero-order valence-corrected chi connectivity index (χ0v) is 13.4. The van der Waals surface area contributed by atoms with Gasteiger partial charge in [-0.2, -0.15) is 0 Å². The van der Waals surface area contributed by atoms with E-state index in [0.29, 0.717) is 23.2 Å². The van der Waals surface area contributed by atoms with Gasteiger partial charge in [0.2, 0.25) is 0 Å². The van der Waals surface area contributed by atoms with Gasteiger partial charge >= 0.3 is 0 Å². The number of nitrogens with zero attached hydrogens (tertiary/aromatic N) is 1. The first kappa shape index (κ1) is 15.7. The summed E-state index contributed by atoms with van der Waals surface area (Å²) in [5, 5.41) is 2.90. The number of carbonyl (C=O) groups excluding carboxylic acids is 3. The molecule has 3 rings (SSSR count). The first-order valence-electron chi connectivity index (χ1n) is 8.32. The fourth-order valence-corrected chi connectivity index (χ4v) is 3.50. The van der Waals surface area contributed by atoms with E-state index in [9.17, 15) is 14.4 Å². The lowest BCUT2D eigenvalue weighted by Crippen LogP contribution is -2.25. The van der Waals surface area contributed by atoms with E-state index < -0.39 is 0 Å². The highest BCUT2D eigenvalue weighted by molar-refractivity contribution is 6.21. The lowest BCUT2D eigenvalue weighted by atomic mass is 10.0. The first-order valence-corrected chi connectivity index (χ1v) is 8.32. The van der Waals surface area contributed by atoms with Gasteiger partial charge in [-0.25, -0.2) is 0 Å². The Morgan fingerprint density at radius 1 is 1.17 bits per heavy atom. The molecular weight excluding hydrogens is 292 g/mol. The van der Waals surface area contributed by atoms with Crippen LogP contribution in [0.4, 0.5) is 0 Å². The predicted molar refractivity (Wildman–Crippen MR) is 86.4 cm³/mol. The molecule has 0 radical (unpaired) electrons. The van der Waals surface area contributed by atoms with Gasteiger partial charge in [0.1, 0.15) is 0 Å². The van der Waals surface area contributed by atoms with Crippen molar-refractivity contribution in [3.63, 3.8) is 0 Å². The molecule has 1 heterocycles. The number of fused-ring (bicyclic) bond motifs is 1. The minimum absolute atomic E-state index is 0.186. The maximum Gasteiger partial charge on any atom is 0.261 e. The summed E-state index contributed by atoms with van der Waals surface area (Å²) in [6.07, 6.45) is 7.48. The highest BCUT2D eigenvalue weighted by Gasteiger charge is 2.33. The Balaban J connectivity index is 1.56. The molecule has 2 aliphatic rings. The van der Waals surface area contributed by atoms with E-state index in [1.54, 1.807) is 12.1 Å². The average Bonchev–Trinajstić information content (AvgIpc) is 3.15. The minimum atomic E-state index is -0.346. The van der Waals surface area contributed by atoms with Crippen LogP contribution in [0.5, 0.6) is 0 Å². The van der Waals surface area contributed by atoms with Crippen molar-refractivity contribution in [2.45, 2.75) is 38.5 Å². The molecule has 5 heteroatoms. The first-order chi connectivity index (χ1) is 11.1. The standard InChI is InChI=1S/C18H22N2O3/c1-20-17(22)14-9-8-13(11-15(14)18(20)23)16(21)19-10-4-7-12-5-2-3-6-12/h8-9,11-12H,2-7,10H2,1H3,(H,19,21). The monoisotopic (exact) mass is 314 g/mol. The molecule has 0 aromatic heterocycles. The van der Waals surface area contributed by atoms with Gasteiger partial charge in [0.25, 0.3) is 17.7 Å². The molecule has 23 heavy (non-hydrogen) atoms. The highest BCUT2D eigenvalue weighted by atomic mass is 16.2. The van der Waals surface area contributed by atoms with E-state index in [1.165, 1.54) is 45.2 Å². The van der Waals surface area contributed by atoms with Crippen molar-refractivity contribution in [3.8, 4) is 0 Å². The van der Waals surface area contributed by atoms with Crippen LogP contribution in [-0.4, -0.2) is 36.2 Å². The topological polar surface area (TPSA) is 66.5 Å². The molecule has 122 valence electrons. The summed E-state index contributed by atoms with van der Waals surface area (Å²) in [5.41, 5.74) is 1.12. The molecule has 1 N–H and O–H groups in total. The second-order valence-electron chi connectivity index (χ2n) is 6.48. The molecule has 1 aromatic carbocycles. The van der Waals surface area contributed by atoms with Crippen LogP contribution in [0.1, 0.15) is 69.6 Å². The SMILES string of the molecule is CN1C(=O)c2ccc(C(=O)NCCCC3CCCC3)cc2C1=O. The van der Waals surface area contributed by atoms with Crippen LogP contribution in [0.2, 0.25) is 0 Å². The van der Waals surface area contributed by atoms with Gasteiger partial charge in [0, 0.05) is 19.2 Å². The number of hydrogen-bond acceptors (Lipinski definition) is 3. The van der Waals surface area contributed by atoms with Crippen molar-refractivity contribution in [1.82, 2.24) is 10.2 Å². The third-order valence-corrected chi connectivity index (χ3v) is 4.90. The van der Waals surface area contributed by atoms with E-state index in [2.05, 4.69) is 5.32 Å². The molecule has 1 aliphatic heterocycles. The largest absolute Gasteiger partial charge is 0.352 e. The number of imide groups is 1. The second-order valence-corrected chi connectivity index (χ2v) is 6.48. The van der Waals surface area contributed by atoms with E-state index in [1.807, 2.05) is 0 Å². The van der Waals surface area contributed by atoms with Gasteiger partial charge in [0.15, 0.2) is 0 Å². The van der Waals surface area contributed by atoms with Crippen molar-refractivity contribution in [2.24, 2.45) is 5.92 Å². The smallest absolute Gasteiger partial charge is 0.261 e. The molecule has 0 unspecified atom stereocenters. The molecule has 1 fully saturated rings. The molecule has 1 aliphatic carbocycles. The summed E-state index contributed by atoms with van der Waals surface area (Å²) in [5.74, 6) is -0.0190. The van der Waals surface area contributed by atoms with Crippen molar-refractivity contribution in [2.75, 3.05) is 13.6 Å². The van der Waals surface area contributed by atoms with E-state index >= 15 is 0 Å². The third-order valence-electron chi connectivity index (χ3n) is 4.90. The Bertz CT molecular complexity index is 648. The summed E-state index contributed by atoms with van der Waals surface area (Å²) in [4.78, 5) is 37.1. The lowest BCUT2D eigenvalue weighted by molar-refractivity contribution is 0.0693. The maximum atomic E-state index is 12.2. The molecule has 1 aromatic rings. The summed E-state index contributed by atoms with van der Waals surface area (Å²) >= 11 is 0. The number of rotatable bonds is 5. The highest BCUT2D eigenvalue weighted by Crippen LogP contribution is 2.28. The Morgan fingerprint density at radius 2 is 1.87 bits per heavy atom. The van der Waals surface area contributed by atoms with Crippen LogP contribution < -0.4 is 5.32 Å². The fourth-order valence-electron chi connectivity index (χ4n) is 3.50. The van der Waals surface area contributed by atoms with Gasteiger partial charge in [-0.15, -0.1) is 0 Å². The number of nitrogens with one attached hydrogen (secondary N) is 1. The predicted octanol–water partition coefficient (Wildman–Crippen LogP) is 2.61. The molecule has 0 spiro atoms. The normalized spacial score (nSPS) is 17.7. The molecule has 3 amide bonds. The Kier molecular flexibility index (Phi) is 4.46. The molecule has 1 saturated carbocycles. The van der Waals surface area contributed by atoms with Crippen LogP contribution in [-0.2, 0) is 0 Å². The van der Waals surface area contributed by atoms with E-state index in [0.717, 1.165) is 17.2 Å². The van der Waals surface area contributed by atoms with Gasteiger partial charge in [-0.1, -0.05) is 25.7 Å². The molecular formula is C18H22N2O3. The van der Waals surface area contributed by atoms with Gasteiger partial charge < -0.3 is 5.32 Å². The Morgan fingerprint density at radius 3 is 2.61 bits per heavy atom. The fraction of sp³-hybridized carbons (Fsp3) is 0.500. The summed E-state index contributed by atoms with van der Waals surface area (Å²) in [7, 11) is 1.45. The second kappa shape index (κ2) is 6.52. The zero-order chi connectivity index (χ0) is 16.4. The van der Waals surface area contributed by atoms with Crippen molar-refractivity contribution >= 4 is 17.7 Å². The number of carbonyl (C=O) groups is 3. The summed E-state index contributed by atoms with van der Waals surface area (Å²) in [6, 6.07) is 4.69. The lowest BCUT2D eigenvalue weighted by Gasteiger charge is -2.09. The Labute approximate surface area is 136 Å². The van der Waals surface area contributed by atoms with Crippen LogP contribution in [0.3, 0.4) is 0 Å². The molecule has 0 saturated heterocycles. The maximum absolute atomic E-state index is 12.2. The van der Waals surface area contributed by atoms with E-state index in [4.69, 9.17) is 0 Å². The average molecular weight is 314 g/mol. The van der Waals surface area contributed by atoms with Crippen molar-refractivity contribution in [3.05, 3.63) is 34.9 Å². The Hall–Kier alpha value is -2.17. The van der Waals surface area contributed by atoms with Crippen LogP contribution >= 0.6 is 0 Å². The van der Waals surface area contributed by atoms with Crippen LogP contribution in [0, 0.1) is 5.92 Å². The summed E-state index contributed by atoms with van der Waals surface area (Å²) in [6.45, 7) is 0.652. The molecule has 0 atom stereocenters. The molecule has 0 bridgehead atoms. The van der Waals surface area contributed by atoms with Crippen LogP contribution in [0.15, 0.2) is 18.2 Å². The zero-order valence-electron chi connectivity index (χ0n) is 13.4. The van der Waals surface area contributed by atoms with Crippen LogP contribution in [0.25, 0.3) is 0 Å². The van der Waals surface area contributed by atoms with Crippen molar-refractivity contribution in [1.29, 1.82) is 0 Å². The number of amides is 3. The van der Waals surface area contributed by atoms with Gasteiger partial charge in [-0.3, -0.25) is 19.3 Å². The summed E-state index contributed by atoms with van der Waals surface area (Å²) < 4.78 is 0. The number of hydrogen-bond donors (Lipinski definition) is 1.